The van der Waals surface area contributed by atoms with E-state index in [0.717, 1.165) is 0 Å². The molecule has 0 aliphatic heterocycles. The lowest BCUT2D eigenvalue weighted by Crippen LogP contribution is -2.11. The molecule has 0 aliphatic rings. The van der Waals surface area contributed by atoms with E-state index in [1.54, 1.807) is 6.07 Å². The molecule has 8 heteroatoms. The molecule has 1 aromatic carbocycles. The Balaban J connectivity index is 2.73. The van der Waals surface area contributed by atoms with Crippen LogP contribution in [0.15, 0.2) is 24.4 Å². The molecule has 0 spiro atoms. The molecule has 0 radical (unpaired) electrons. The zero-order chi connectivity index (χ0) is 17.1. The van der Waals surface area contributed by atoms with Crippen LogP contribution in [-0.2, 0) is 4.74 Å². The summed E-state index contributed by atoms with van der Waals surface area (Å²) in [5.74, 6) is -2.00. The summed E-state index contributed by atoms with van der Waals surface area (Å²) in [7, 11) is 1.17. The molecular formula is C15H10N4O4. The van der Waals surface area contributed by atoms with Crippen molar-refractivity contribution in [3.05, 3.63) is 46.8 Å². The van der Waals surface area contributed by atoms with Crippen molar-refractivity contribution in [2.45, 2.75) is 0 Å². The van der Waals surface area contributed by atoms with Crippen molar-refractivity contribution < 1.29 is 19.4 Å². The predicted molar refractivity (Wildman–Crippen MR) is 77.9 cm³/mol. The number of hydrogen-bond acceptors (Lipinski definition) is 6. The van der Waals surface area contributed by atoms with Crippen LogP contribution < -0.4 is 5.73 Å². The van der Waals surface area contributed by atoms with Crippen molar-refractivity contribution in [3.8, 4) is 17.8 Å². The first-order valence-corrected chi connectivity index (χ1v) is 6.21. The molecule has 2 rings (SSSR count). The van der Waals surface area contributed by atoms with Gasteiger partial charge in [0.05, 0.1) is 29.5 Å². The van der Waals surface area contributed by atoms with E-state index in [-0.39, 0.29) is 28.1 Å². The Morgan fingerprint density at radius 1 is 1.26 bits per heavy atom. The minimum atomic E-state index is -1.24. The Labute approximate surface area is 130 Å². The van der Waals surface area contributed by atoms with Crippen LogP contribution in [0.25, 0.3) is 5.69 Å². The van der Waals surface area contributed by atoms with Crippen LogP contribution in [-0.4, -0.2) is 28.7 Å². The van der Waals surface area contributed by atoms with Crippen LogP contribution in [0.5, 0.6) is 0 Å². The monoisotopic (exact) mass is 310 g/mol. The number of carbonyl (C=O) groups is 2. The number of carboxylic acids is 1. The van der Waals surface area contributed by atoms with Crippen molar-refractivity contribution in [1.82, 2.24) is 4.57 Å². The van der Waals surface area contributed by atoms with E-state index in [9.17, 15) is 9.59 Å². The zero-order valence-electron chi connectivity index (χ0n) is 11.9. The van der Waals surface area contributed by atoms with Gasteiger partial charge in [-0.05, 0) is 18.2 Å². The Kier molecular flexibility index (Phi) is 4.01. The molecule has 8 nitrogen and oxygen atoms in total. The summed E-state index contributed by atoms with van der Waals surface area (Å²) < 4.78 is 5.93. The Bertz CT molecular complexity index is 899. The number of nitrogen functional groups attached to an aromatic ring is 1. The number of carboxylic acid groups (broad SMARTS) is 1. The first-order chi connectivity index (χ1) is 10.9. The molecule has 0 aliphatic carbocycles. The number of aromatic carboxylic acids is 1. The van der Waals surface area contributed by atoms with E-state index >= 15 is 0 Å². The van der Waals surface area contributed by atoms with Crippen LogP contribution in [0, 0.1) is 22.7 Å². The fourth-order valence-corrected chi connectivity index (χ4v) is 2.08. The van der Waals surface area contributed by atoms with Gasteiger partial charge in [-0.15, -0.1) is 0 Å². The lowest BCUT2D eigenvalue weighted by Gasteiger charge is -2.09. The SMILES string of the molecule is COC(=O)c1c(N)c(C#N)cn1-c1ccc(C(=O)O)c(C#N)c1. The number of ether oxygens (including phenoxy) is 1. The fourth-order valence-electron chi connectivity index (χ4n) is 2.08. The van der Waals surface area contributed by atoms with Crippen LogP contribution in [0.1, 0.15) is 32.0 Å². The number of aromatic nitrogens is 1. The minimum Gasteiger partial charge on any atom is -0.478 e. The van der Waals surface area contributed by atoms with Gasteiger partial charge in [0.2, 0.25) is 0 Å². The number of nitrogens with two attached hydrogens (primary N) is 1. The highest BCUT2D eigenvalue weighted by molar-refractivity contribution is 5.96. The topological polar surface area (TPSA) is 142 Å². The van der Waals surface area contributed by atoms with Gasteiger partial charge in [0.25, 0.3) is 0 Å². The molecule has 0 saturated carbocycles. The summed E-state index contributed by atoms with van der Waals surface area (Å²) in [5, 5.41) is 27.2. The van der Waals surface area contributed by atoms with Crippen LogP contribution in [0.4, 0.5) is 5.69 Å². The lowest BCUT2D eigenvalue weighted by molar-refractivity contribution is 0.0592. The fraction of sp³-hybridized carbons (Fsp3) is 0.0667. The molecule has 23 heavy (non-hydrogen) atoms. The second-order valence-electron chi connectivity index (χ2n) is 4.43. The molecule has 114 valence electrons. The molecule has 1 heterocycles. The van der Waals surface area contributed by atoms with Crippen molar-refractivity contribution in [3.63, 3.8) is 0 Å². The van der Waals surface area contributed by atoms with Gasteiger partial charge in [-0.2, -0.15) is 10.5 Å². The van der Waals surface area contributed by atoms with Crippen LogP contribution in [0.3, 0.4) is 0 Å². The van der Waals surface area contributed by atoms with E-state index in [1.807, 2.05) is 6.07 Å². The van der Waals surface area contributed by atoms with E-state index in [2.05, 4.69) is 4.74 Å². The summed E-state index contributed by atoms with van der Waals surface area (Å²) in [4.78, 5) is 23.0. The van der Waals surface area contributed by atoms with Crippen molar-refractivity contribution in [2.24, 2.45) is 0 Å². The van der Waals surface area contributed by atoms with Crippen LogP contribution >= 0.6 is 0 Å². The van der Waals surface area contributed by atoms with E-state index < -0.39 is 11.9 Å². The third kappa shape index (κ3) is 2.57. The highest BCUT2D eigenvalue weighted by Gasteiger charge is 2.22. The molecule has 0 unspecified atom stereocenters. The van der Waals surface area contributed by atoms with Gasteiger partial charge in [-0.1, -0.05) is 0 Å². The normalized spacial score (nSPS) is 9.70. The van der Waals surface area contributed by atoms with Crippen molar-refractivity contribution in [1.29, 1.82) is 10.5 Å². The number of rotatable bonds is 3. The largest absolute Gasteiger partial charge is 0.478 e. The number of carbonyl (C=O) groups excluding carboxylic acids is 1. The second kappa shape index (κ2) is 5.92. The van der Waals surface area contributed by atoms with E-state index in [4.69, 9.17) is 21.4 Å². The third-order valence-electron chi connectivity index (χ3n) is 3.18. The number of benzene rings is 1. The number of nitrogens with zero attached hydrogens (tertiary/aromatic N) is 3. The van der Waals surface area contributed by atoms with Gasteiger partial charge < -0.3 is 20.1 Å². The maximum absolute atomic E-state index is 11.9. The highest BCUT2D eigenvalue weighted by Crippen LogP contribution is 2.25. The summed E-state index contributed by atoms with van der Waals surface area (Å²) in [6.07, 6.45) is 1.32. The minimum absolute atomic E-state index is 0.0554. The van der Waals surface area contributed by atoms with Crippen molar-refractivity contribution in [2.75, 3.05) is 12.8 Å². The Morgan fingerprint density at radius 2 is 1.91 bits per heavy atom. The third-order valence-corrected chi connectivity index (χ3v) is 3.18. The van der Waals surface area contributed by atoms with Gasteiger partial charge in [-0.3, -0.25) is 0 Å². The van der Waals surface area contributed by atoms with Gasteiger partial charge in [0, 0.05) is 11.9 Å². The molecule has 0 atom stereocenters. The van der Waals surface area contributed by atoms with Crippen LogP contribution in [0.2, 0.25) is 0 Å². The van der Waals surface area contributed by atoms with E-state index in [1.165, 1.54) is 36.1 Å². The molecule has 3 N–H and O–H groups in total. The maximum Gasteiger partial charge on any atom is 0.357 e. The standard InChI is InChI=1S/C15H10N4O4/c1-23-15(22)13-12(18)9(6-17)7-19(13)10-2-3-11(14(20)21)8(4-10)5-16/h2-4,7H,18H2,1H3,(H,20,21). The number of anilines is 1. The highest BCUT2D eigenvalue weighted by atomic mass is 16.5. The average Bonchev–Trinajstić information content (AvgIpc) is 2.89. The first kappa shape index (κ1) is 15.6. The number of hydrogen-bond donors (Lipinski definition) is 2. The molecule has 0 fully saturated rings. The van der Waals surface area contributed by atoms with Gasteiger partial charge in [0.15, 0.2) is 5.69 Å². The smallest absolute Gasteiger partial charge is 0.357 e. The number of nitriles is 2. The molecule has 0 bridgehead atoms. The van der Waals surface area contributed by atoms with Crippen molar-refractivity contribution >= 4 is 17.6 Å². The summed E-state index contributed by atoms with van der Waals surface area (Å²) in [5.41, 5.74) is 5.76. The summed E-state index contributed by atoms with van der Waals surface area (Å²) >= 11 is 0. The average molecular weight is 310 g/mol. The molecule has 0 saturated heterocycles. The number of methoxy groups -OCH3 is 1. The quantitative estimate of drug-likeness (QED) is 0.813. The van der Waals surface area contributed by atoms with E-state index in [0.29, 0.717) is 5.69 Å². The molecular weight excluding hydrogens is 300 g/mol. The van der Waals surface area contributed by atoms with Gasteiger partial charge in [-0.25, -0.2) is 9.59 Å². The Morgan fingerprint density at radius 3 is 2.43 bits per heavy atom. The molecule has 0 amide bonds. The lowest BCUT2D eigenvalue weighted by atomic mass is 10.1. The predicted octanol–water partition coefficient (Wildman–Crippen LogP) is 1.29. The summed E-state index contributed by atoms with van der Waals surface area (Å²) in [6.45, 7) is 0. The first-order valence-electron chi connectivity index (χ1n) is 6.21. The van der Waals surface area contributed by atoms with Gasteiger partial charge >= 0.3 is 11.9 Å². The maximum atomic E-state index is 11.9. The Hall–Kier alpha value is -3.78. The summed E-state index contributed by atoms with van der Waals surface area (Å²) in [6, 6.07) is 7.55. The zero-order valence-corrected chi connectivity index (χ0v) is 11.9. The second-order valence-corrected chi connectivity index (χ2v) is 4.43. The molecule has 2 aromatic rings. The molecule has 1 aromatic heterocycles. The van der Waals surface area contributed by atoms with Gasteiger partial charge in [0.1, 0.15) is 12.1 Å². The number of esters is 1.